The lowest BCUT2D eigenvalue weighted by atomic mass is 9.69. The number of rotatable bonds is 10. The average molecular weight is 347 g/mol. The molecule has 0 saturated heterocycles. The first-order chi connectivity index (χ1) is 12.3. The summed E-state index contributed by atoms with van der Waals surface area (Å²) in [5.74, 6) is 3.74. The molecular weight excluding hydrogens is 304 g/mol. The van der Waals surface area contributed by atoms with Crippen LogP contribution in [-0.4, -0.2) is 13.2 Å². The Kier molecular flexibility index (Phi) is 10.6. The van der Waals surface area contributed by atoms with Gasteiger partial charge in [-0.3, -0.25) is 0 Å². The average Bonchev–Trinajstić information content (AvgIpc) is 2.66. The van der Waals surface area contributed by atoms with Crippen LogP contribution in [0, 0.1) is 23.7 Å². The van der Waals surface area contributed by atoms with Crippen molar-refractivity contribution >= 4 is 0 Å². The predicted molar refractivity (Wildman–Crippen MR) is 110 cm³/mol. The second kappa shape index (κ2) is 12.7. The van der Waals surface area contributed by atoms with E-state index >= 15 is 0 Å². The molecule has 0 heterocycles. The zero-order valence-electron chi connectivity index (χ0n) is 16.9. The van der Waals surface area contributed by atoms with Crippen molar-refractivity contribution in [2.24, 2.45) is 23.7 Å². The van der Waals surface area contributed by atoms with Crippen LogP contribution in [0.2, 0.25) is 0 Å². The third-order valence-corrected chi connectivity index (χ3v) is 6.56. The van der Waals surface area contributed by atoms with Crippen molar-refractivity contribution in [2.75, 3.05) is 13.2 Å². The van der Waals surface area contributed by atoms with Crippen molar-refractivity contribution < 1.29 is 4.74 Å². The van der Waals surface area contributed by atoms with E-state index < -0.39 is 0 Å². The van der Waals surface area contributed by atoms with Crippen molar-refractivity contribution in [2.45, 2.75) is 90.9 Å². The number of unbranched alkanes of at least 4 members (excludes halogenated alkanes) is 3. The van der Waals surface area contributed by atoms with Gasteiger partial charge < -0.3 is 4.74 Å². The van der Waals surface area contributed by atoms with E-state index in [1.54, 1.807) is 0 Å². The molecule has 144 valence electrons. The molecular formula is C24H42O. The number of allylic oxidation sites excluding steroid dienone is 3. The van der Waals surface area contributed by atoms with Gasteiger partial charge in [-0.1, -0.05) is 44.1 Å². The Hall–Kier alpha value is -0.560. The molecule has 0 radical (unpaired) electrons. The van der Waals surface area contributed by atoms with Crippen LogP contribution in [0.4, 0.5) is 0 Å². The highest BCUT2D eigenvalue weighted by molar-refractivity contribution is 4.92. The molecule has 0 amide bonds. The lowest BCUT2D eigenvalue weighted by Gasteiger charge is -2.37. The van der Waals surface area contributed by atoms with Gasteiger partial charge in [0.15, 0.2) is 0 Å². The summed E-state index contributed by atoms with van der Waals surface area (Å²) in [5, 5.41) is 0. The van der Waals surface area contributed by atoms with Crippen molar-refractivity contribution in [3.63, 3.8) is 0 Å². The fourth-order valence-electron chi connectivity index (χ4n) is 4.83. The Labute approximate surface area is 157 Å². The van der Waals surface area contributed by atoms with Gasteiger partial charge in [-0.15, -0.1) is 0 Å². The number of hydrogen-bond acceptors (Lipinski definition) is 1. The van der Waals surface area contributed by atoms with E-state index in [0.717, 1.165) is 36.9 Å². The van der Waals surface area contributed by atoms with Gasteiger partial charge in [0.1, 0.15) is 0 Å². The zero-order valence-corrected chi connectivity index (χ0v) is 16.9. The molecule has 2 aliphatic rings. The highest BCUT2D eigenvalue weighted by Gasteiger charge is 2.30. The normalized spacial score (nSPS) is 31.1. The Bertz CT molecular complexity index is 368. The number of hydrogen-bond donors (Lipinski definition) is 0. The SMILES string of the molecule is C/C=C\COCC1CCC(C2CCC(/C=C/CCCCC)CC2)CC1. The van der Waals surface area contributed by atoms with Crippen LogP contribution in [0.3, 0.4) is 0 Å². The van der Waals surface area contributed by atoms with Crippen molar-refractivity contribution in [3.8, 4) is 0 Å². The van der Waals surface area contributed by atoms with Gasteiger partial charge in [-0.25, -0.2) is 0 Å². The lowest BCUT2D eigenvalue weighted by molar-refractivity contribution is 0.0799. The molecule has 0 aromatic rings. The minimum absolute atomic E-state index is 0.798. The summed E-state index contributed by atoms with van der Waals surface area (Å²) in [6, 6.07) is 0. The van der Waals surface area contributed by atoms with Crippen LogP contribution < -0.4 is 0 Å². The first-order valence-electron chi connectivity index (χ1n) is 11.2. The van der Waals surface area contributed by atoms with Crippen LogP contribution >= 0.6 is 0 Å². The maximum atomic E-state index is 5.78. The highest BCUT2D eigenvalue weighted by Crippen LogP contribution is 2.41. The van der Waals surface area contributed by atoms with E-state index in [-0.39, 0.29) is 0 Å². The maximum absolute atomic E-state index is 5.78. The molecule has 25 heavy (non-hydrogen) atoms. The fraction of sp³-hybridized carbons (Fsp3) is 0.833. The van der Waals surface area contributed by atoms with Crippen LogP contribution in [0.5, 0.6) is 0 Å². The summed E-state index contributed by atoms with van der Waals surface area (Å²) in [5.41, 5.74) is 0. The molecule has 0 atom stereocenters. The Morgan fingerprint density at radius 1 is 0.840 bits per heavy atom. The lowest BCUT2D eigenvalue weighted by Crippen LogP contribution is -2.26. The topological polar surface area (TPSA) is 9.23 Å². The van der Waals surface area contributed by atoms with Crippen molar-refractivity contribution in [3.05, 3.63) is 24.3 Å². The summed E-state index contributed by atoms with van der Waals surface area (Å²) < 4.78 is 5.78. The second-order valence-electron chi connectivity index (χ2n) is 8.49. The van der Waals surface area contributed by atoms with Crippen LogP contribution in [0.25, 0.3) is 0 Å². The van der Waals surface area contributed by atoms with Gasteiger partial charge in [0.2, 0.25) is 0 Å². The molecule has 0 bridgehead atoms. The third kappa shape index (κ3) is 8.11. The standard InChI is InChI=1S/C24H42O/c1-3-5-7-8-9-10-21-11-15-23(16-12-21)24-17-13-22(14-18-24)20-25-19-6-4-2/h4,6,9-10,21-24H,3,5,7-8,11-20H2,1-2H3/b6-4-,10-9+. The Balaban J connectivity index is 1.57. The second-order valence-corrected chi connectivity index (χ2v) is 8.49. The Morgan fingerprint density at radius 3 is 2.16 bits per heavy atom. The molecule has 1 nitrogen and oxygen atoms in total. The molecule has 0 spiro atoms. The molecule has 0 aliphatic heterocycles. The summed E-state index contributed by atoms with van der Waals surface area (Å²) in [6.45, 7) is 6.12. The van der Waals surface area contributed by atoms with Gasteiger partial charge in [0.05, 0.1) is 6.61 Å². The fourth-order valence-corrected chi connectivity index (χ4v) is 4.83. The Morgan fingerprint density at radius 2 is 1.52 bits per heavy atom. The summed E-state index contributed by atoms with van der Waals surface area (Å²) in [7, 11) is 0. The van der Waals surface area contributed by atoms with Gasteiger partial charge in [-0.2, -0.15) is 0 Å². The van der Waals surface area contributed by atoms with Crippen LogP contribution in [-0.2, 0) is 4.74 Å². The van der Waals surface area contributed by atoms with E-state index in [9.17, 15) is 0 Å². The number of ether oxygens (including phenoxy) is 1. The summed E-state index contributed by atoms with van der Waals surface area (Å²) in [6.07, 6.45) is 26.2. The predicted octanol–water partition coefficient (Wildman–Crippen LogP) is 7.33. The summed E-state index contributed by atoms with van der Waals surface area (Å²) in [4.78, 5) is 0. The van der Waals surface area contributed by atoms with E-state index in [0.29, 0.717) is 0 Å². The molecule has 0 aromatic carbocycles. The van der Waals surface area contributed by atoms with E-state index in [1.807, 2.05) is 0 Å². The molecule has 2 fully saturated rings. The summed E-state index contributed by atoms with van der Waals surface area (Å²) >= 11 is 0. The molecule has 0 aromatic heterocycles. The maximum Gasteiger partial charge on any atom is 0.0647 e. The first kappa shape index (κ1) is 20.7. The molecule has 0 N–H and O–H groups in total. The van der Waals surface area contributed by atoms with Gasteiger partial charge in [-0.05, 0) is 94.8 Å². The molecule has 2 aliphatic carbocycles. The zero-order chi connectivity index (χ0) is 17.7. The van der Waals surface area contributed by atoms with Gasteiger partial charge in [0.25, 0.3) is 0 Å². The smallest absolute Gasteiger partial charge is 0.0647 e. The largest absolute Gasteiger partial charge is 0.377 e. The van der Waals surface area contributed by atoms with E-state index in [2.05, 4.69) is 38.2 Å². The molecule has 1 heteroatoms. The third-order valence-electron chi connectivity index (χ3n) is 6.56. The monoisotopic (exact) mass is 346 g/mol. The first-order valence-corrected chi connectivity index (χ1v) is 11.2. The molecule has 0 unspecified atom stereocenters. The quantitative estimate of drug-likeness (QED) is 0.297. The van der Waals surface area contributed by atoms with Crippen molar-refractivity contribution in [1.82, 2.24) is 0 Å². The van der Waals surface area contributed by atoms with Crippen LogP contribution in [0.15, 0.2) is 24.3 Å². The highest BCUT2D eigenvalue weighted by atomic mass is 16.5. The van der Waals surface area contributed by atoms with E-state index in [4.69, 9.17) is 4.74 Å². The molecule has 2 saturated carbocycles. The van der Waals surface area contributed by atoms with Crippen LogP contribution in [0.1, 0.15) is 90.9 Å². The van der Waals surface area contributed by atoms with E-state index in [1.165, 1.54) is 77.0 Å². The minimum atomic E-state index is 0.798. The van der Waals surface area contributed by atoms with Gasteiger partial charge >= 0.3 is 0 Å². The molecule has 2 rings (SSSR count). The van der Waals surface area contributed by atoms with Crippen molar-refractivity contribution in [1.29, 1.82) is 0 Å². The van der Waals surface area contributed by atoms with Gasteiger partial charge in [0, 0.05) is 6.61 Å². The minimum Gasteiger partial charge on any atom is -0.377 e.